The number of benzene rings is 2. The van der Waals surface area contributed by atoms with Gasteiger partial charge in [0.1, 0.15) is 0 Å². The van der Waals surface area contributed by atoms with E-state index in [2.05, 4.69) is 80.0 Å². The van der Waals surface area contributed by atoms with Gasteiger partial charge < -0.3 is 5.32 Å². The second-order valence-corrected chi connectivity index (χ2v) is 8.25. The highest BCUT2D eigenvalue weighted by atomic mass is 15.2. The number of likely N-dealkylation sites (tertiary alicyclic amines) is 1. The number of nitrogens with zero attached hydrogens (tertiary/aromatic N) is 4. The molecule has 2 aromatic carbocycles. The molecule has 1 N–H and O–H groups in total. The van der Waals surface area contributed by atoms with Crippen molar-refractivity contribution in [3.8, 4) is 0 Å². The lowest BCUT2D eigenvalue weighted by molar-refractivity contribution is 0.211. The van der Waals surface area contributed by atoms with Gasteiger partial charge in [0.25, 0.3) is 0 Å². The van der Waals surface area contributed by atoms with Gasteiger partial charge >= 0.3 is 0 Å². The van der Waals surface area contributed by atoms with Crippen LogP contribution in [-0.4, -0.2) is 39.2 Å². The highest BCUT2D eigenvalue weighted by Crippen LogP contribution is 2.26. The fraction of sp³-hybridized carbons (Fsp3) is 0.269. The number of hydrogen-bond acceptors (Lipinski definition) is 5. The Hall–Kier alpha value is -3.31. The summed E-state index contributed by atoms with van der Waals surface area (Å²) in [7, 11) is 0. The number of anilines is 1. The van der Waals surface area contributed by atoms with Crippen molar-refractivity contribution < 1.29 is 0 Å². The van der Waals surface area contributed by atoms with Crippen molar-refractivity contribution in [3.63, 3.8) is 0 Å². The standard InChI is InChI=1S/C26H27N5/c1-2-6-21(7-3-1)19-31-16-12-22(13-17-31)28-26-24-9-5-4-8-23(24)25(29-30-26)18-20-10-14-27-15-11-20/h1-11,14-15,22H,12-13,16-19H2,(H,28,30). The molecule has 5 rings (SSSR count). The predicted molar refractivity (Wildman–Crippen MR) is 125 cm³/mol. The topological polar surface area (TPSA) is 53.9 Å². The maximum Gasteiger partial charge on any atom is 0.156 e. The van der Waals surface area contributed by atoms with E-state index >= 15 is 0 Å². The molecule has 0 aliphatic carbocycles. The second-order valence-electron chi connectivity index (χ2n) is 8.25. The Labute approximate surface area is 183 Å². The maximum absolute atomic E-state index is 4.60. The monoisotopic (exact) mass is 409 g/mol. The molecule has 0 atom stereocenters. The molecule has 5 nitrogen and oxygen atoms in total. The minimum absolute atomic E-state index is 0.427. The van der Waals surface area contributed by atoms with E-state index in [4.69, 9.17) is 0 Å². The first-order valence-corrected chi connectivity index (χ1v) is 11.0. The predicted octanol–water partition coefficient (Wildman–Crippen LogP) is 4.69. The Kier molecular flexibility index (Phi) is 5.85. The molecule has 3 heterocycles. The number of aromatic nitrogens is 3. The summed E-state index contributed by atoms with van der Waals surface area (Å²) in [5, 5.41) is 15.2. The molecule has 0 amide bonds. The average Bonchev–Trinajstić information content (AvgIpc) is 2.83. The average molecular weight is 410 g/mol. The van der Waals surface area contributed by atoms with Gasteiger partial charge in [0.2, 0.25) is 0 Å². The molecule has 0 radical (unpaired) electrons. The zero-order valence-corrected chi connectivity index (χ0v) is 17.6. The van der Waals surface area contributed by atoms with Crippen molar-refractivity contribution in [2.24, 2.45) is 0 Å². The molecule has 0 unspecified atom stereocenters. The van der Waals surface area contributed by atoms with E-state index in [1.165, 1.54) is 16.5 Å². The third-order valence-corrected chi connectivity index (χ3v) is 6.06. The van der Waals surface area contributed by atoms with Gasteiger partial charge in [-0.25, -0.2) is 0 Å². The van der Waals surface area contributed by atoms with Gasteiger partial charge in [0, 0.05) is 55.3 Å². The third-order valence-electron chi connectivity index (χ3n) is 6.06. The minimum atomic E-state index is 0.427. The molecule has 5 heteroatoms. The second kappa shape index (κ2) is 9.23. The molecule has 0 saturated carbocycles. The smallest absolute Gasteiger partial charge is 0.156 e. The van der Waals surface area contributed by atoms with Crippen LogP contribution in [0.2, 0.25) is 0 Å². The van der Waals surface area contributed by atoms with E-state index in [0.29, 0.717) is 6.04 Å². The molecular formula is C26H27N5. The molecule has 4 aromatic rings. The van der Waals surface area contributed by atoms with Crippen LogP contribution in [0.5, 0.6) is 0 Å². The summed E-state index contributed by atoms with van der Waals surface area (Å²) in [6, 6.07) is 23.7. The maximum atomic E-state index is 4.60. The largest absolute Gasteiger partial charge is 0.365 e. The van der Waals surface area contributed by atoms with Crippen molar-refractivity contribution in [2.75, 3.05) is 18.4 Å². The zero-order valence-electron chi connectivity index (χ0n) is 17.6. The molecule has 1 fully saturated rings. The molecular weight excluding hydrogens is 382 g/mol. The first-order valence-electron chi connectivity index (χ1n) is 11.0. The highest BCUT2D eigenvalue weighted by molar-refractivity contribution is 5.93. The van der Waals surface area contributed by atoms with Crippen LogP contribution in [0.1, 0.15) is 29.7 Å². The van der Waals surface area contributed by atoms with E-state index in [1.807, 2.05) is 24.5 Å². The molecule has 31 heavy (non-hydrogen) atoms. The van der Waals surface area contributed by atoms with Crippen molar-refractivity contribution >= 4 is 16.6 Å². The summed E-state index contributed by atoms with van der Waals surface area (Å²) < 4.78 is 0. The SMILES string of the molecule is c1ccc(CN2CCC(Nc3nnc(Cc4ccncc4)c4ccccc34)CC2)cc1. The van der Waals surface area contributed by atoms with Crippen LogP contribution in [0.15, 0.2) is 79.1 Å². The summed E-state index contributed by atoms with van der Waals surface area (Å²) in [4.78, 5) is 6.64. The van der Waals surface area contributed by atoms with Gasteiger partial charge in [-0.15, -0.1) is 5.10 Å². The lowest BCUT2D eigenvalue weighted by Gasteiger charge is -2.32. The van der Waals surface area contributed by atoms with E-state index in [9.17, 15) is 0 Å². The number of pyridine rings is 1. The molecule has 1 aliphatic rings. The van der Waals surface area contributed by atoms with Crippen molar-refractivity contribution in [1.82, 2.24) is 20.1 Å². The molecule has 0 bridgehead atoms. The van der Waals surface area contributed by atoms with Crippen LogP contribution in [0.3, 0.4) is 0 Å². The zero-order chi connectivity index (χ0) is 20.9. The Morgan fingerprint density at radius 1 is 0.774 bits per heavy atom. The van der Waals surface area contributed by atoms with Crippen LogP contribution in [-0.2, 0) is 13.0 Å². The van der Waals surface area contributed by atoms with E-state index in [0.717, 1.165) is 55.8 Å². The van der Waals surface area contributed by atoms with Gasteiger partial charge in [-0.1, -0.05) is 54.6 Å². The van der Waals surface area contributed by atoms with E-state index in [1.54, 1.807) is 0 Å². The molecule has 1 saturated heterocycles. The van der Waals surface area contributed by atoms with E-state index in [-0.39, 0.29) is 0 Å². The van der Waals surface area contributed by atoms with Crippen molar-refractivity contribution in [3.05, 3.63) is 95.9 Å². The van der Waals surface area contributed by atoms with Crippen LogP contribution in [0.25, 0.3) is 10.8 Å². The van der Waals surface area contributed by atoms with Crippen LogP contribution >= 0.6 is 0 Å². The summed E-state index contributed by atoms with van der Waals surface area (Å²) in [5.41, 5.74) is 3.58. The van der Waals surface area contributed by atoms with E-state index < -0.39 is 0 Å². The van der Waals surface area contributed by atoms with Gasteiger partial charge in [0.15, 0.2) is 5.82 Å². The summed E-state index contributed by atoms with van der Waals surface area (Å²) in [5.74, 6) is 0.899. The molecule has 156 valence electrons. The minimum Gasteiger partial charge on any atom is -0.365 e. The van der Waals surface area contributed by atoms with Gasteiger partial charge in [0.05, 0.1) is 5.69 Å². The van der Waals surface area contributed by atoms with Crippen molar-refractivity contribution in [1.29, 1.82) is 0 Å². The Balaban J connectivity index is 1.27. The summed E-state index contributed by atoms with van der Waals surface area (Å²) >= 11 is 0. The van der Waals surface area contributed by atoms with Crippen LogP contribution < -0.4 is 5.32 Å². The Bertz CT molecular complexity index is 1120. The summed E-state index contributed by atoms with van der Waals surface area (Å²) in [6.07, 6.45) is 6.63. The fourth-order valence-corrected chi connectivity index (χ4v) is 4.36. The van der Waals surface area contributed by atoms with Crippen molar-refractivity contribution in [2.45, 2.75) is 31.8 Å². The van der Waals surface area contributed by atoms with Crippen LogP contribution in [0, 0.1) is 0 Å². The summed E-state index contributed by atoms with van der Waals surface area (Å²) in [6.45, 7) is 3.22. The lowest BCUT2D eigenvalue weighted by atomic mass is 10.0. The quantitative estimate of drug-likeness (QED) is 0.501. The number of fused-ring (bicyclic) bond motifs is 1. The number of nitrogens with one attached hydrogen (secondary N) is 1. The van der Waals surface area contributed by atoms with Gasteiger partial charge in [-0.3, -0.25) is 9.88 Å². The Morgan fingerprint density at radius 2 is 1.48 bits per heavy atom. The lowest BCUT2D eigenvalue weighted by Crippen LogP contribution is -2.38. The molecule has 1 aliphatic heterocycles. The number of piperidine rings is 1. The van der Waals surface area contributed by atoms with Crippen LogP contribution in [0.4, 0.5) is 5.82 Å². The first kappa shape index (κ1) is 19.6. The van der Waals surface area contributed by atoms with Gasteiger partial charge in [-0.05, 0) is 36.1 Å². The molecule has 2 aromatic heterocycles. The molecule has 0 spiro atoms. The Morgan fingerprint density at radius 3 is 2.26 bits per heavy atom. The first-order chi connectivity index (χ1) is 15.3. The number of hydrogen-bond donors (Lipinski definition) is 1. The van der Waals surface area contributed by atoms with Gasteiger partial charge in [-0.2, -0.15) is 5.10 Å². The fourth-order valence-electron chi connectivity index (χ4n) is 4.36. The number of rotatable bonds is 6. The normalized spacial score (nSPS) is 15.2. The highest BCUT2D eigenvalue weighted by Gasteiger charge is 2.20. The third kappa shape index (κ3) is 4.72.